The Hall–Kier alpha value is -2.34. The average Bonchev–Trinajstić information content (AvgIpc) is 3.20. The fraction of sp³-hybridized carbons (Fsp3) is 0.474. The van der Waals surface area contributed by atoms with Crippen LogP contribution in [0.4, 0.5) is 10.5 Å². The van der Waals surface area contributed by atoms with Gasteiger partial charge in [0.25, 0.3) is 0 Å². The Morgan fingerprint density at radius 1 is 1.40 bits per heavy atom. The molecule has 1 aromatic heterocycles. The van der Waals surface area contributed by atoms with E-state index in [0.29, 0.717) is 5.92 Å². The number of hydrogen-bond donors (Lipinski definition) is 2. The number of aryl methyl sites for hydroxylation is 1. The first-order valence-electron chi connectivity index (χ1n) is 8.73. The Bertz CT molecular complexity index is 798. The molecule has 1 aliphatic heterocycles. The summed E-state index contributed by atoms with van der Waals surface area (Å²) < 4.78 is 7.74. The number of aromatic nitrogens is 2. The van der Waals surface area contributed by atoms with Gasteiger partial charge in [-0.1, -0.05) is 26.0 Å². The number of rotatable bonds is 3. The Balaban J connectivity index is 1.44. The lowest BCUT2D eigenvalue weighted by Gasteiger charge is -2.54. The van der Waals surface area contributed by atoms with Gasteiger partial charge in [-0.05, 0) is 18.6 Å². The van der Waals surface area contributed by atoms with Gasteiger partial charge in [-0.3, -0.25) is 0 Å². The highest BCUT2D eigenvalue weighted by Crippen LogP contribution is 2.52. The molecule has 0 radical (unpaired) electrons. The fourth-order valence-corrected chi connectivity index (χ4v) is 4.31. The number of hydrogen-bond acceptors (Lipinski definition) is 3. The SMILES string of the molecule is Cn1ccnc1-c1cccc(NC(=O)N[C@@H]2[C@@H]3CCO[C@H]3C2(C)C)c1. The number of amides is 2. The number of nitrogens with one attached hydrogen (secondary N) is 2. The number of nitrogens with zero attached hydrogens (tertiary/aromatic N) is 2. The first kappa shape index (κ1) is 16.1. The molecule has 1 saturated heterocycles. The number of urea groups is 1. The van der Waals surface area contributed by atoms with Crippen molar-refractivity contribution in [3.63, 3.8) is 0 Å². The van der Waals surface area contributed by atoms with Crippen molar-refractivity contribution in [2.75, 3.05) is 11.9 Å². The Kier molecular flexibility index (Phi) is 3.80. The third kappa shape index (κ3) is 2.70. The van der Waals surface area contributed by atoms with Gasteiger partial charge in [0.2, 0.25) is 0 Å². The first-order chi connectivity index (χ1) is 12.0. The number of carbonyl (C=O) groups excluding carboxylic acids is 1. The van der Waals surface area contributed by atoms with Gasteiger partial charge in [0, 0.05) is 54.7 Å². The average molecular weight is 340 g/mol. The highest BCUT2D eigenvalue weighted by Gasteiger charge is 2.59. The lowest BCUT2D eigenvalue weighted by molar-refractivity contribution is -0.107. The third-order valence-corrected chi connectivity index (χ3v) is 5.59. The van der Waals surface area contributed by atoms with E-state index >= 15 is 0 Å². The zero-order valence-corrected chi connectivity index (χ0v) is 14.8. The maximum Gasteiger partial charge on any atom is 0.319 e. The summed E-state index contributed by atoms with van der Waals surface area (Å²) in [7, 11) is 1.95. The second-order valence-electron chi connectivity index (χ2n) is 7.58. The molecule has 132 valence electrons. The van der Waals surface area contributed by atoms with Crippen LogP contribution in [0.15, 0.2) is 36.7 Å². The smallest absolute Gasteiger partial charge is 0.319 e. The number of imidazole rings is 1. The molecule has 3 atom stereocenters. The van der Waals surface area contributed by atoms with Crippen LogP contribution in [0.3, 0.4) is 0 Å². The summed E-state index contributed by atoms with van der Waals surface area (Å²) in [6.07, 6.45) is 4.96. The lowest BCUT2D eigenvalue weighted by Crippen LogP contribution is -2.67. The largest absolute Gasteiger partial charge is 0.377 e. The van der Waals surface area contributed by atoms with Gasteiger partial charge in [0.15, 0.2) is 0 Å². The van der Waals surface area contributed by atoms with Crippen LogP contribution in [0.2, 0.25) is 0 Å². The first-order valence-corrected chi connectivity index (χ1v) is 8.73. The minimum Gasteiger partial charge on any atom is -0.377 e. The number of anilines is 1. The van der Waals surface area contributed by atoms with Crippen LogP contribution >= 0.6 is 0 Å². The normalized spacial score (nSPS) is 26.6. The minimum atomic E-state index is -0.166. The molecule has 4 rings (SSSR count). The number of fused-ring (bicyclic) bond motifs is 1. The molecule has 1 saturated carbocycles. The highest BCUT2D eigenvalue weighted by atomic mass is 16.5. The van der Waals surface area contributed by atoms with Gasteiger partial charge in [-0.25, -0.2) is 9.78 Å². The Morgan fingerprint density at radius 3 is 3.00 bits per heavy atom. The quantitative estimate of drug-likeness (QED) is 0.902. The standard InChI is InChI=1S/C19H24N4O2/c1-19(2)15(14-7-10-25-16(14)19)22-18(24)21-13-6-4-5-12(11-13)17-20-8-9-23(17)3/h4-6,8-9,11,14-16H,7,10H2,1-3H3,(H2,21,22,24)/t14-,15+,16+/m0/s1. The molecule has 1 aromatic carbocycles. The molecule has 6 nitrogen and oxygen atoms in total. The van der Waals surface area contributed by atoms with E-state index in [9.17, 15) is 4.79 Å². The van der Waals surface area contributed by atoms with Gasteiger partial charge in [0.05, 0.1) is 6.10 Å². The summed E-state index contributed by atoms with van der Waals surface area (Å²) in [6.45, 7) is 5.11. The molecule has 0 bridgehead atoms. The van der Waals surface area contributed by atoms with Crippen molar-refractivity contribution < 1.29 is 9.53 Å². The van der Waals surface area contributed by atoms with E-state index in [0.717, 1.165) is 30.1 Å². The molecule has 6 heteroatoms. The van der Waals surface area contributed by atoms with Gasteiger partial charge < -0.3 is 19.9 Å². The lowest BCUT2D eigenvalue weighted by atomic mass is 9.57. The van der Waals surface area contributed by atoms with Crippen LogP contribution in [0.5, 0.6) is 0 Å². The van der Waals surface area contributed by atoms with Crippen molar-refractivity contribution in [1.82, 2.24) is 14.9 Å². The predicted molar refractivity (Wildman–Crippen MR) is 96.2 cm³/mol. The molecule has 0 spiro atoms. The van der Waals surface area contributed by atoms with Crippen LogP contribution in [0.1, 0.15) is 20.3 Å². The maximum absolute atomic E-state index is 12.5. The second-order valence-corrected chi connectivity index (χ2v) is 7.58. The zero-order chi connectivity index (χ0) is 17.6. The molecule has 1 aliphatic carbocycles. The van der Waals surface area contributed by atoms with E-state index in [-0.39, 0.29) is 23.6 Å². The van der Waals surface area contributed by atoms with Crippen molar-refractivity contribution in [3.8, 4) is 11.4 Å². The molecule has 0 unspecified atom stereocenters. The van der Waals surface area contributed by atoms with Gasteiger partial charge in [-0.2, -0.15) is 0 Å². The number of carbonyl (C=O) groups is 1. The molecule has 2 amide bonds. The second kappa shape index (κ2) is 5.88. The Morgan fingerprint density at radius 2 is 2.24 bits per heavy atom. The van der Waals surface area contributed by atoms with Gasteiger partial charge in [0.1, 0.15) is 5.82 Å². The molecular weight excluding hydrogens is 316 g/mol. The third-order valence-electron chi connectivity index (χ3n) is 5.59. The van der Waals surface area contributed by atoms with E-state index < -0.39 is 0 Å². The maximum atomic E-state index is 12.5. The van der Waals surface area contributed by atoms with Crippen LogP contribution in [-0.4, -0.2) is 34.3 Å². The molecule has 2 aliphatic rings. The monoisotopic (exact) mass is 340 g/mol. The summed E-state index contributed by atoms with van der Waals surface area (Å²) >= 11 is 0. The van der Waals surface area contributed by atoms with E-state index in [1.165, 1.54) is 0 Å². The van der Waals surface area contributed by atoms with Gasteiger partial charge in [-0.15, -0.1) is 0 Å². The Labute approximate surface area is 147 Å². The summed E-state index contributed by atoms with van der Waals surface area (Å²) in [6, 6.07) is 7.72. The number of benzene rings is 1. The van der Waals surface area contributed by atoms with E-state index in [1.54, 1.807) is 6.20 Å². The van der Waals surface area contributed by atoms with Crippen molar-refractivity contribution in [1.29, 1.82) is 0 Å². The van der Waals surface area contributed by atoms with Crippen molar-refractivity contribution in [3.05, 3.63) is 36.7 Å². The van der Waals surface area contributed by atoms with Crippen molar-refractivity contribution in [2.45, 2.75) is 32.4 Å². The number of ether oxygens (including phenoxy) is 1. The minimum absolute atomic E-state index is 0.0205. The van der Waals surface area contributed by atoms with E-state index in [2.05, 4.69) is 29.5 Å². The summed E-state index contributed by atoms with van der Waals surface area (Å²) in [4.78, 5) is 16.8. The summed E-state index contributed by atoms with van der Waals surface area (Å²) in [5, 5.41) is 6.09. The molecule has 25 heavy (non-hydrogen) atoms. The molecule has 2 N–H and O–H groups in total. The molecule has 2 fully saturated rings. The van der Waals surface area contributed by atoms with Crippen LogP contribution in [0, 0.1) is 11.3 Å². The molecule has 2 aromatic rings. The van der Waals surface area contributed by atoms with Crippen molar-refractivity contribution >= 4 is 11.7 Å². The summed E-state index contributed by atoms with van der Waals surface area (Å²) in [5.41, 5.74) is 1.71. The molecule has 2 heterocycles. The van der Waals surface area contributed by atoms with Gasteiger partial charge >= 0.3 is 6.03 Å². The summed E-state index contributed by atoms with van der Waals surface area (Å²) in [5.74, 6) is 1.30. The van der Waals surface area contributed by atoms with Crippen LogP contribution < -0.4 is 10.6 Å². The fourth-order valence-electron chi connectivity index (χ4n) is 4.31. The van der Waals surface area contributed by atoms with Crippen molar-refractivity contribution in [2.24, 2.45) is 18.4 Å². The van der Waals surface area contributed by atoms with E-state index in [4.69, 9.17) is 4.74 Å². The zero-order valence-electron chi connectivity index (χ0n) is 14.8. The van der Waals surface area contributed by atoms with E-state index in [1.807, 2.05) is 42.1 Å². The van der Waals surface area contributed by atoms with Crippen LogP contribution in [-0.2, 0) is 11.8 Å². The highest BCUT2D eigenvalue weighted by molar-refractivity contribution is 5.90. The topological polar surface area (TPSA) is 68.2 Å². The predicted octanol–water partition coefficient (Wildman–Crippen LogP) is 3.02. The molecular formula is C19H24N4O2. The van der Waals surface area contributed by atoms with Crippen LogP contribution in [0.25, 0.3) is 11.4 Å².